The van der Waals surface area contributed by atoms with Crippen LogP contribution in [0.5, 0.6) is 0 Å². The minimum atomic E-state index is -1.06. The highest BCUT2D eigenvalue weighted by atomic mass is 16.4. The lowest BCUT2D eigenvalue weighted by molar-refractivity contribution is -0.142. The number of carboxylic acid groups (broad SMARTS) is 1. The first-order valence-corrected chi connectivity index (χ1v) is 6.23. The van der Waals surface area contributed by atoms with Gasteiger partial charge in [0.2, 0.25) is 0 Å². The smallest absolute Gasteiger partial charge is 0.326 e. The van der Waals surface area contributed by atoms with Crippen molar-refractivity contribution < 1.29 is 14.7 Å². The Morgan fingerprint density at radius 2 is 2.05 bits per heavy atom. The van der Waals surface area contributed by atoms with Crippen molar-refractivity contribution in [3.05, 3.63) is 11.6 Å². The van der Waals surface area contributed by atoms with Crippen LogP contribution in [0.4, 0.5) is 4.79 Å². The third kappa shape index (κ3) is 4.22. The number of nitrogens with zero attached hydrogens (tertiary/aromatic N) is 3. The Labute approximate surface area is 117 Å². The number of carbonyl (C=O) groups excluding carboxylic acids is 1. The molecule has 0 saturated carbocycles. The van der Waals surface area contributed by atoms with Gasteiger partial charge in [-0.25, -0.2) is 14.6 Å². The summed E-state index contributed by atoms with van der Waals surface area (Å²) in [5, 5.41) is 18.3. The minimum Gasteiger partial charge on any atom is -0.480 e. The van der Waals surface area contributed by atoms with E-state index in [1.807, 2.05) is 0 Å². The lowest BCUT2D eigenvalue weighted by atomic mass is 9.87. The van der Waals surface area contributed by atoms with Crippen LogP contribution in [-0.4, -0.2) is 50.3 Å². The highest BCUT2D eigenvalue weighted by Crippen LogP contribution is 2.19. The Morgan fingerprint density at radius 3 is 2.45 bits per heavy atom. The Kier molecular flexibility index (Phi) is 4.69. The molecule has 0 saturated heterocycles. The molecule has 20 heavy (non-hydrogen) atoms. The molecular weight excluding hydrogens is 262 g/mol. The zero-order chi connectivity index (χ0) is 15.5. The van der Waals surface area contributed by atoms with E-state index in [4.69, 9.17) is 5.11 Å². The Bertz CT molecular complexity index is 492. The van der Waals surface area contributed by atoms with Crippen LogP contribution in [0.2, 0.25) is 0 Å². The van der Waals surface area contributed by atoms with Crippen molar-refractivity contribution in [3.8, 4) is 0 Å². The normalized spacial score (nSPS) is 12.8. The number of aryl methyl sites for hydroxylation is 1. The van der Waals surface area contributed by atoms with E-state index in [1.54, 1.807) is 34.7 Å². The maximum atomic E-state index is 12.0. The number of carbonyl (C=O) groups is 2. The predicted octanol–water partition coefficient (Wildman–Crippen LogP) is 0.754. The molecule has 112 valence electrons. The molecule has 3 N–H and O–H groups in total. The van der Waals surface area contributed by atoms with E-state index in [9.17, 15) is 9.59 Å². The van der Waals surface area contributed by atoms with Gasteiger partial charge in [-0.05, 0) is 12.3 Å². The van der Waals surface area contributed by atoms with Crippen LogP contribution >= 0.6 is 0 Å². The quantitative estimate of drug-likeness (QED) is 0.755. The van der Waals surface area contributed by atoms with E-state index < -0.39 is 23.5 Å². The summed E-state index contributed by atoms with van der Waals surface area (Å²) < 4.78 is 0. The van der Waals surface area contributed by atoms with Crippen molar-refractivity contribution in [1.29, 1.82) is 0 Å². The monoisotopic (exact) mass is 283 g/mol. The lowest BCUT2D eigenvalue weighted by Gasteiger charge is -2.29. The Balaban J connectivity index is 2.67. The number of rotatable bonds is 4. The van der Waals surface area contributed by atoms with Gasteiger partial charge in [0.25, 0.3) is 0 Å². The van der Waals surface area contributed by atoms with E-state index in [-0.39, 0.29) is 6.54 Å². The van der Waals surface area contributed by atoms with E-state index in [2.05, 4.69) is 20.5 Å². The molecule has 1 aromatic rings. The molecule has 1 heterocycles. The van der Waals surface area contributed by atoms with Gasteiger partial charge in [0.05, 0.1) is 6.54 Å². The van der Waals surface area contributed by atoms with Crippen LogP contribution < -0.4 is 5.32 Å². The van der Waals surface area contributed by atoms with Crippen LogP contribution in [0.15, 0.2) is 0 Å². The largest absolute Gasteiger partial charge is 0.480 e. The number of hydrogen-bond donors (Lipinski definition) is 3. The van der Waals surface area contributed by atoms with E-state index in [1.165, 1.54) is 4.90 Å². The summed E-state index contributed by atoms with van der Waals surface area (Å²) in [7, 11) is 1.56. The number of nitrogens with one attached hydrogen (secondary N) is 2. The van der Waals surface area contributed by atoms with E-state index in [0.29, 0.717) is 11.6 Å². The first-order valence-electron chi connectivity index (χ1n) is 6.23. The van der Waals surface area contributed by atoms with E-state index in [0.717, 1.165) is 0 Å². The summed E-state index contributed by atoms with van der Waals surface area (Å²) in [5.74, 6) is 0.0719. The average Bonchev–Trinajstić information content (AvgIpc) is 2.69. The zero-order valence-electron chi connectivity index (χ0n) is 12.4. The third-order valence-electron chi connectivity index (χ3n) is 2.75. The molecule has 0 bridgehead atoms. The number of aromatic nitrogens is 3. The molecule has 8 heteroatoms. The molecule has 1 aromatic heterocycles. The summed E-state index contributed by atoms with van der Waals surface area (Å²) in [5.41, 5.74) is -0.580. The summed E-state index contributed by atoms with van der Waals surface area (Å²) in [6, 6.07) is -1.44. The molecule has 0 aromatic carbocycles. The van der Waals surface area contributed by atoms with Gasteiger partial charge in [0.1, 0.15) is 11.9 Å². The van der Waals surface area contributed by atoms with Gasteiger partial charge in [-0.15, -0.1) is 0 Å². The first kappa shape index (κ1) is 15.9. The average molecular weight is 283 g/mol. The summed E-state index contributed by atoms with van der Waals surface area (Å²) >= 11 is 0. The van der Waals surface area contributed by atoms with Gasteiger partial charge in [0, 0.05) is 7.05 Å². The van der Waals surface area contributed by atoms with Gasteiger partial charge >= 0.3 is 12.0 Å². The second kappa shape index (κ2) is 5.89. The number of amides is 2. The maximum Gasteiger partial charge on any atom is 0.326 e. The minimum absolute atomic E-state index is 0.201. The molecule has 0 spiro atoms. The Hall–Kier alpha value is -2.12. The van der Waals surface area contributed by atoms with Crippen LogP contribution in [0, 0.1) is 12.3 Å². The molecule has 0 aliphatic heterocycles. The second-order valence-electron chi connectivity index (χ2n) is 5.78. The SMILES string of the molecule is Cc1nc(CN(C)C(=O)N[C@H](C(=O)O)C(C)(C)C)n[nH]1. The summed E-state index contributed by atoms with van der Waals surface area (Å²) in [6.45, 7) is 7.23. The highest BCUT2D eigenvalue weighted by Gasteiger charge is 2.33. The molecule has 8 nitrogen and oxygen atoms in total. The van der Waals surface area contributed by atoms with Gasteiger partial charge in [-0.1, -0.05) is 20.8 Å². The summed E-state index contributed by atoms with van der Waals surface area (Å²) in [4.78, 5) is 28.6. The van der Waals surface area contributed by atoms with Crippen molar-refractivity contribution in [2.24, 2.45) is 5.41 Å². The number of carboxylic acids is 1. The topological polar surface area (TPSA) is 111 Å². The van der Waals surface area contributed by atoms with Gasteiger partial charge in [0.15, 0.2) is 5.82 Å². The zero-order valence-corrected chi connectivity index (χ0v) is 12.4. The standard InChI is InChI=1S/C12H21N5O3/c1-7-13-8(16-15-7)6-17(5)11(20)14-9(10(18)19)12(2,3)4/h9H,6H2,1-5H3,(H,14,20)(H,18,19)(H,13,15,16)/t9-/m1/s1. The molecule has 0 aliphatic rings. The van der Waals surface area contributed by atoms with Crippen molar-refractivity contribution >= 4 is 12.0 Å². The number of urea groups is 1. The van der Waals surface area contributed by atoms with Crippen molar-refractivity contribution in [1.82, 2.24) is 25.4 Å². The van der Waals surface area contributed by atoms with Crippen LogP contribution in [0.25, 0.3) is 0 Å². The van der Waals surface area contributed by atoms with Crippen LogP contribution in [-0.2, 0) is 11.3 Å². The van der Waals surface area contributed by atoms with Crippen molar-refractivity contribution in [2.45, 2.75) is 40.3 Å². The van der Waals surface area contributed by atoms with Crippen LogP contribution in [0.1, 0.15) is 32.4 Å². The van der Waals surface area contributed by atoms with Crippen molar-refractivity contribution in [2.75, 3.05) is 7.05 Å². The fourth-order valence-electron chi connectivity index (χ4n) is 1.63. The Morgan fingerprint density at radius 1 is 1.45 bits per heavy atom. The fraction of sp³-hybridized carbons (Fsp3) is 0.667. The molecule has 0 fully saturated rings. The number of aromatic amines is 1. The highest BCUT2D eigenvalue weighted by molar-refractivity contribution is 5.83. The van der Waals surface area contributed by atoms with E-state index >= 15 is 0 Å². The molecule has 0 radical (unpaired) electrons. The molecular formula is C12H21N5O3. The van der Waals surface area contributed by atoms with Crippen LogP contribution in [0.3, 0.4) is 0 Å². The predicted molar refractivity (Wildman–Crippen MR) is 72.0 cm³/mol. The maximum absolute atomic E-state index is 12.0. The van der Waals surface area contributed by atoms with Gasteiger partial charge in [-0.3, -0.25) is 5.10 Å². The number of H-pyrrole nitrogens is 1. The molecule has 0 aliphatic carbocycles. The molecule has 2 amide bonds. The third-order valence-corrected chi connectivity index (χ3v) is 2.75. The van der Waals surface area contributed by atoms with Gasteiger partial charge < -0.3 is 15.3 Å². The molecule has 0 unspecified atom stereocenters. The van der Waals surface area contributed by atoms with Gasteiger partial charge in [-0.2, -0.15) is 5.10 Å². The molecule has 1 atom stereocenters. The molecule has 1 rings (SSSR count). The second-order valence-corrected chi connectivity index (χ2v) is 5.78. The first-order chi connectivity index (χ1) is 9.11. The van der Waals surface area contributed by atoms with Crippen molar-refractivity contribution in [3.63, 3.8) is 0 Å². The number of aliphatic carboxylic acids is 1. The number of hydrogen-bond acceptors (Lipinski definition) is 4. The summed E-state index contributed by atoms with van der Waals surface area (Å²) in [6.07, 6.45) is 0. The fourth-order valence-corrected chi connectivity index (χ4v) is 1.63. The lowest BCUT2D eigenvalue weighted by Crippen LogP contribution is -2.52.